The fourth-order valence-electron chi connectivity index (χ4n) is 7.18. The summed E-state index contributed by atoms with van der Waals surface area (Å²) in [4.78, 5) is 31.7. The lowest BCUT2D eigenvalue weighted by Gasteiger charge is -2.29. The van der Waals surface area contributed by atoms with Crippen LogP contribution in [0.3, 0.4) is 0 Å². The molecule has 2 saturated carbocycles. The Hall–Kier alpha value is -0.825. The maximum absolute atomic E-state index is 12.0. The molecule has 0 saturated heterocycles. The number of nitrogens with zero attached hydrogens (tertiary/aromatic N) is 4. The fraction of sp³-hybridized carbons (Fsp3) is 0.381. The van der Waals surface area contributed by atoms with Gasteiger partial charge >= 0.3 is 7.12 Å². The largest absolute Gasteiger partial charge is 0.508 e. The van der Waals surface area contributed by atoms with Crippen LogP contribution < -0.4 is 5.59 Å². The van der Waals surface area contributed by atoms with Crippen molar-refractivity contribution < 1.29 is 19.6 Å². The van der Waals surface area contributed by atoms with E-state index in [1.807, 2.05) is 42.6 Å². The molecule has 0 radical (unpaired) electrons. The van der Waals surface area contributed by atoms with Crippen molar-refractivity contribution in [2.45, 2.75) is 87.8 Å². The third kappa shape index (κ3) is 19.6. The maximum Gasteiger partial charge on any atom is 0.508 e. The van der Waals surface area contributed by atoms with Crippen LogP contribution in [-0.4, -0.2) is 41.1 Å². The molecule has 0 unspecified atom stereocenters. The van der Waals surface area contributed by atoms with E-state index in [9.17, 15) is 9.59 Å². The molecule has 2 fully saturated rings. The first kappa shape index (κ1) is 52.3. The number of hydrogen-bond donors (Lipinski definition) is 2. The van der Waals surface area contributed by atoms with Gasteiger partial charge in [-0.3, -0.25) is 19.6 Å². The number of Topliss-reactive ketones (excluding diaryl/α,β-unsaturated/α-hetero) is 2. The summed E-state index contributed by atoms with van der Waals surface area (Å²) in [7, 11) is -1.45. The summed E-state index contributed by atoms with van der Waals surface area (Å²) in [5, 5.41) is 34.4. The monoisotopic (exact) mass is 1390 g/mol. The van der Waals surface area contributed by atoms with E-state index in [2.05, 4.69) is 175 Å². The number of hydrogen-bond acceptors (Lipinski definition) is 8. The molecule has 15 heteroatoms. The number of carbonyl (C=O) groups excluding carboxylic acids is 2. The highest BCUT2D eigenvalue weighted by Gasteiger charge is 2.38. The first-order chi connectivity index (χ1) is 27.3. The minimum atomic E-state index is -1.45. The topological polar surface area (TPSA) is 148 Å². The van der Waals surface area contributed by atoms with E-state index in [0.717, 1.165) is 54.1 Å². The second-order valence-electron chi connectivity index (χ2n) is 13.4. The van der Waals surface area contributed by atoms with Crippen molar-refractivity contribution in [1.29, 1.82) is 10.5 Å². The Balaban J connectivity index is 0.000000291. The average molecular weight is 1400 g/mol. The van der Waals surface area contributed by atoms with Crippen molar-refractivity contribution in [2.24, 2.45) is 0 Å². The molecule has 0 spiro atoms. The van der Waals surface area contributed by atoms with Crippen LogP contribution in [0.25, 0.3) is 11.1 Å². The van der Waals surface area contributed by atoms with Gasteiger partial charge in [-0.2, -0.15) is 10.5 Å². The molecule has 0 bridgehead atoms. The Morgan fingerprint density at radius 3 is 1.53 bits per heavy atom. The summed E-state index contributed by atoms with van der Waals surface area (Å²) >= 11 is 14.9. The van der Waals surface area contributed by atoms with E-state index < -0.39 is 7.12 Å². The van der Waals surface area contributed by atoms with Crippen molar-refractivity contribution in [2.75, 3.05) is 2.43 Å². The summed E-state index contributed by atoms with van der Waals surface area (Å²) < 4.78 is 2.99. The van der Waals surface area contributed by atoms with Crippen LogP contribution in [0.15, 0.2) is 102 Å². The van der Waals surface area contributed by atoms with Gasteiger partial charge in [0.2, 0.25) is 0 Å². The van der Waals surface area contributed by atoms with Crippen LogP contribution in [-0.2, 0) is 20.4 Å². The van der Waals surface area contributed by atoms with Gasteiger partial charge in [0.25, 0.3) is 0 Å². The number of benzene rings is 2. The molecule has 8 nitrogen and oxygen atoms in total. The Morgan fingerprint density at radius 2 is 1.18 bits per heavy atom. The number of halogens is 6. The van der Waals surface area contributed by atoms with Crippen molar-refractivity contribution in [3.05, 3.63) is 113 Å². The summed E-state index contributed by atoms with van der Waals surface area (Å²) in [6.07, 6.45) is 15.1. The van der Waals surface area contributed by atoms with Crippen LogP contribution in [0, 0.1) is 22.7 Å². The highest BCUT2D eigenvalue weighted by atomic mass is 127. The number of rotatable bonds is 10. The second kappa shape index (κ2) is 29.4. The predicted octanol–water partition coefficient (Wildman–Crippen LogP) is 11.7. The number of nitriles is 2. The maximum atomic E-state index is 12.0. The van der Waals surface area contributed by atoms with Crippen molar-refractivity contribution in [3.63, 3.8) is 0 Å². The fourth-order valence-corrected chi connectivity index (χ4v) is 7.44. The Morgan fingerprint density at radius 1 is 0.719 bits per heavy atom. The van der Waals surface area contributed by atoms with Crippen LogP contribution >= 0.6 is 129 Å². The van der Waals surface area contributed by atoms with Gasteiger partial charge in [0.1, 0.15) is 11.5 Å². The highest BCUT2D eigenvalue weighted by Crippen LogP contribution is 2.45. The van der Waals surface area contributed by atoms with Gasteiger partial charge < -0.3 is 10.0 Å². The summed E-state index contributed by atoms with van der Waals surface area (Å²) in [6.45, 7) is 0. The molecule has 2 heterocycles. The van der Waals surface area contributed by atoms with Crippen LogP contribution in [0.1, 0.15) is 88.2 Å². The second-order valence-corrected chi connectivity index (χ2v) is 29.6. The molecule has 2 N–H and O–H groups in total. The van der Waals surface area contributed by atoms with Crippen molar-refractivity contribution >= 4 is 153 Å². The van der Waals surface area contributed by atoms with Gasteiger partial charge in [0.05, 0.1) is 33.0 Å². The number of aromatic nitrogens is 2. The van der Waals surface area contributed by atoms with Gasteiger partial charge in [-0.05, 0) is 78.3 Å². The molecule has 2 aromatic carbocycles. The molecule has 0 amide bonds. The van der Waals surface area contributed by atoms with Gasteiger partial charge in [-0.15, -0.1) is 0 Å². The van der Waals surface area contributed by atoms with E-state index >= 15 is 0 Å². The SMILES string of the molecule is IC(I)I.ICI.N#CCC(=O)CC1(c2ccc(-c3cccnc3)cc2)CCCC1.N#CCC(=O)CC1(c2ccc(Br)cc2)CCCC1.OB(O)c1ccccn1. The lowest BCUT2D eigenvalue weighted by Crippen LogP contribution is -2.31. The molecule has 302 valence electrons. The quantitative estimate of drug-likeness (QED) is 0.0906. The van der Waals surface area contributed by atoms with Crippen molar-refractivity contribution in [3.8, 4) is 23.3 Å². The molecule has 57 heavy (non-hydrogen) atoms. The zero-order valence-electron chi connectivity index (χ0n) is 31.4. The number of ketones is 2. The predicted molar refractivity (Wildman–Crippen MR) is 277 cm³/mol. The van der Waals surface area contributed by atoms with E-state index in [-0.39, 0.29) is 40.8 Å². The molecule has 2 aromatic heterocycles. The van der Waals surface area contributed by atoms with E-state index in [1.165, 1.54) is 32.6 Å². The zero-order chi connectivity index (χ0) is 42.1. The smallest absolute Gasteiger partial charge is 0.422 e. The molecular formula is C42H45BBrI5N4O4. The summed E-state index contributed by atoms with van der Waals surface area (Å²) in [5.74, 6) is 0.132. The number of pyridine rings is 2. The van der Waals surface area contributed by atoms with E-state index in [0.29, 0.717) is 12.8 Å². The first-order valence-corrected chi connectivity index (χ1v) is 25.8. The highest BCUT2D eigenvalue weighted by molar-refractivity contribution is 14.3. The number of carbonyl (C=O) groups is 2. The van der Waals surface area contributed by atoms with Gasteiger partial charge in [0, 0.05) is 46.7 Å². The molecule has 4 aromatic rings. The Labute approximate surface area is 414 Å². The van der Waals surface area contributed by atoms with Gasteiger partial charge in [-0.1, -0.05) is 203 Å². The van der Waals surface area contributed by atoms with Crippen LogP contribution in [0.4, 0.5) is 0 Å². The zero-order valence-corrected chi connectivity index (χ0v) is 43.7. The molecule has 0 aliphatic heterocycles. The molecule has 6 rings (SSSR count). The minimum absolute atomic E-state index is 0.0192. The van der Waals surface area contributed by atoms with Gasteiger partial charge in [0.15, 0.2) is 0 Å². The lowest BCUT2D eigenvalue weighted by atomic mass is 9.74. The third-order valence-corrected chi connectivity index (χ3v) is 10.2. The summed E-state index contributed by atoms with van der Waals surface area (Å²) in [5.41, 5.74) is 4.90. The van der Waals surface area contributed by atoms with Crippen LogP contribution in [0.5, 0.6) is 0 Å². The lowest BCUT2D eigenvalue weighted by molar-refractivity contribution is -0.120. The first-order valence-electron chi connectivity index (χ1n) is 18.2. The number of alkyl halides is 5. The third-order valence-electron chi connectivity index (χ3n) is 9.65. The van der Waals surface area contributed by atoms with E-state index in [1.54, 1.807) is 24.4 Å². The van der Waals surface area contributed by atoms with E-state index in [4.69, 9.17) is 20.6 Å². The normalized spacial score (nSPS) is 14.3. The van der Waals surface area contributed by atoms with Crippen LogP contribution in [0.2, 0.25) is 0 Å². The molecule has 2 aliphatic rings. The molecular weight excluding hydrogens is 1350 g/mol. The standard InChI is InChI=1S/C20H20N2O.C15H16BrNO.C5H6BNO2.CHI3.CH2I2/c21-12-9-19(23)14-20(10-1-2-11-20)18-7-5-16(6-8-18)17-4-3-13-22-15-17;16-13-5-3-12(4-6-13)15(8-1-2-9-15)11-14(18)7-10-17;8-6(9)5-3-1-2-4-7-5;2-1(3)4;2-1-3/h3-8,13,15H,1-2,9-11,14H2;3-6H,1-2,7-9,11H2;1-4,8-9H;1H;1H2. The molecule has 2 aliphatic carbocycles. The molecule has 0 atom stereocenters. The Bertz CT molecular complexity index is 1830. The van der Waals surface area contributed by atoms with Gasteiger partial charge in [-0.25, -0.2) is 0 Å². The minimum Gasteiger partial charge on any atom is -0.422 e. The van der Waals surface area contributed by atoms with Crippen molar-refractivity contribution in [1.82, 2.24) is 9.97 Å². The average Bonchev–Trinajstić information content (AvgIpc) is 3.88. The Kier molecular flexibility index (Phi) is 27.0. The summed E-state index contributed by atoms with van der Waals surface area (Å²) in [6, 6.07) is 29.7.